The van der Waals surface area contributed by atoms with Gasteiger partial charge in [-0.3, -0.25) is 10.1 Å². The van der Waals surface area contributed by atoms with Gasteiger partial charge >= 0.3 is 0 Å². The van der Waals surface area contributed by atoms with E-state index in [9.17, 15) is 10.1 Å². The average molecular weight is 307 g/mol. The molecule has 2 aromatic carbocycles. The number of benzene rings is 2. The first-order chi connectivity index (χ1) is 10.1. The summed E-state index contributed by atoms with van der Waals surface area (Å²) in [7, 11) is 0. The predicted molar refractivity (Wildman–Crippen MR) is 83.0 cm³/mol. The van der Waals surface area contributed by atoms with E-state index in [0.29, 0.717) is 18.2 Å². The summed E-state index contributed by atoms with van der Waals surface area (Å²) in [5, 5.41) is 14.3. The fourth-order valence-corrected chi connectivity index (χ4v) is 2.12. The second kappa shape index (κ2) is 6.95. The molecule has 0 unspecified atom stereocenters. The highest BCUT2D eigenvalue weighted by atomic mass is 35.5. The fraction of sp³-hybridized carbons (Fsp3) is 0.200. The molecule has 0 atom stereocenters. The summed E-state index contributed by atoms with van der Waals surface area (Å²) >= 11 is 6.06. The van der Waals surface area contributed by atoms with E-state index < -0.39 is 4.92 Å². The summed E-state index contributed by atoms with van der Waals surface area (Å²) in [6.07, 6.45) is 0. The van der Waals surface area contributed by atoms with E-state index in [1.54, 1.807) is 6.07 Å². The van der Waals surface area contributed by atoms with Gasteiger partial charge in [0.15, 0.2) is 0 Å². The number of rotatable bonds is 6. The SMILES string of the molecule is CCOc1ccccc1NCc1ccc([N+](=O)[O-])cc1Cl. The predicted octanol–water partition coefficient (Wildman–Crippen LogP) is 4.26. The van der Waals surface area contributed by atoms with E-state index in [1.165, 1.54) is 12.1 Å². The van der Waals surface area contributed by atoms with Crippen LogP contribution in [0.3, 0.4) is 0 Å². The lowest BCUT2D eigenvalue weighted by molar-refractivity contribution is -0.384. The molecule has 2 rings (SSSR count). The van der Waals surface area contributed by atoms with Gasteiger partial charge in [-0.1, -0.05) is 23.7 Å². The molecule has 0 aliphatic heterocycles. The zero-order chi connectivity index (χ0) is 15.2. The minimum Gasteiger partial charge on any atom is -0.492 e. The van der Waals surface area contributed by atoms with Crippen LogP contribution in [0.25, 0.3) is 0 Å². The summed E-state index contributed by atoms with van der Waals surface area (Å²) in [6, 6.07) is 12.0. The Bertz CT molecular complexity index is 647. The molecule has 110 valence electrons. The van der Waals surface area contributed by atoms with Crippen LogP contribution in [0.1, 0.15) is 12.5 Å². The van der Waals surface area contributed by atoms with Crippen LogP contribution in [-0.2, 0) is 6.54 Å². The van der Waals surface area contributed by atoms with Crippen LogP contribution < -0.4 is 10.1 Å². The lowest BCUT2D eigenvalue weighted by Crippen LogP contribution is -2.03. The van der Waals surface area contributed by atoms with Gasteiger partial charge in [0, 0.05) is 18.7 Å². The van der Waals surface area contributed by atoms with Gasteiger partial charge in [-0.25, -0.2) is 0 Å². The Kier molecular flexibility index (Phi) is 5.00. The van der Waals surface area contributed by atoms with Crippen molar-refractivity contribution in [1.29, 1.82) is 0 Å². The zero-order valence-corrected chi connectivity index (χ0v) is 12.3. The molecule has 0 fully saturated rings. The summed E-state index contributed by atoms with van der Waals surface area (Å²) in [4.78, 5) is 10.2. The lowest BCUT2D eigenvalue weighted by Gasteiger charge is -2.12. The average Bonchev–Trinajstić information content (AvgIpc) is 2.47. The first-order valence-electron chi connectivity index (χ1n) is 6.50. The van der Waals surface area contributed by atoms with Crippen molar-refractivity contribution in [3.8, 4) is 5.75 Å². The second-order valence-electron chi connectivity index (χ2n) is 4.32. The van der Waals surface area contributed by atoms with Gasteiger partial charge in [0.2, 0.25) is 0 Å². The summed E-state index contributed by atoms with van der Waals surface area (Å²) in [5.41, 5.74) is 1.63. The molecule has 6 heteroatoms. The standard InChI is InChI=1S/C15H15ClN2O3/c1-2-21-15-6-4-3-5-14(15)17-10-11-7-8-12(18(19)20)9-13(11)16/h3-9,17H,2,10H2,1H3. The topological polar surface area (TPSA) is 64.4 Å². The maximum absolute atomic E-state index is 10.7. The summed E-state index contributed by atoms with van der Waals surface area (Å²) < 4.78 is 5.52. The Morgan fingerprint density at radius 3 is 2.71 bits per heavy atom. The highest BCUT2D eigenvalue weighted by molar-refractivity contribution is 6.31. The second-order valence-corrected chi connectivity index (χ2v) is 4.72. The minimum atomic E-state index is -0.465. The molecule has 0 bridgehead atoms. The van der Waals surface area contributed by atoms with Crippen LogP contribution in [0.5, 0.6) is 5.75 Å². The molecular weight excluding hydrogens is 292 g/mol. The Morgan fingerprint density at radius 2 is 2.05 bits per heavy atom. The Hall–Kier alpha value is -2.27. The van der Waals surface area contributed by atoms with Crippen LogP contribution in [0, 0.1) is 10.1 Å². The fourth-order valence-electron chi connectivity index (χ4n) is 1.88. The van der Waals surface area contributed by atoms with Gasteiger partial charge in [0.05, 0.1) is 22.2 Å². The number of nitro benzene ring substituents is 1. The summed E-state index contributed by atoms with van der Waals surface area (Å²) in [6.45, 7) is 2.96. The number of anilines is 1. The van der Waals surface area contributed by atoms with Crippen LogP contribution in [-0.4, -0.2) is 11.5 Å². The number of ether oxygens (including phenoxy) is 1. The van der Waals surface area contributed by atoms with Gasteiger partial charge < -0.3 is 10.1 Å². The van der Waals surface area contributed by atoms with E-state index in [1.807, 2.05) is 31.2 Å². The third kappa shape index (κ3) is 3.86. The van der Waals surface area contributed by atoms with Gasteiger partial charge in [-0.05, 0) is 30.7 Å². The molecular formula is C15H15ClN2O3. The molecule has 0 radical (unpaired) electrons. The molecule has 1 N–H and O–H groups in total. The molecule has 0 aliphatic carbocycles. The molecule has 0 aliphatic rings. The normalized spacial score (nSPS) is 10.2. The minimum absolute atomic E-state index is 0.0153. The lowest BCUT2D eigenvalue weighted by atomic mass is 10.2. The van der Waals surface area contributed by atoms with Crippen LogP contribution >= 0.6 is 11.6 Å². The van der Waals surface area contributed by atoms with Crippen molar-refractivity contribution in [2.24, 2.45) is 0 Å². The molecule has 0 saturated heterocycles. The van der Waals surface area contributed by atoms with Gasteiger partial charge in [0.25, 0.3) is 5.69 Å². The van der Waals surface area contributed by atoms with Crippen molar-refractivity contribution in [2.45, 2.75) is 13.5 Å². The van der Waals surface area contributed by atoms with Crippen molar-refractivity contribution < 1.29 is 9.66 Å². The molecule has 0 aromatic heterocycles. The number of nitrogens with zero attached hydrogens (tertiary/aromatic N) is 1. The number of para-hydroxylation sites is 2. The van der Waals surface area contributed by atoms with Crippen molar-refractivity contribution in [3.05, 3.63) is 63.2 Å². The van der Waals surface area contributed by atoms with Crippen LogP contribution in [0.15, 0.2) is 42.5 Å². The molecule has 2 aromatic rings. The third-order valence-corrected chi connectivity index (χ3v) is 3.26. The van der Waals surface area contributed by atoms with Crippen molar-refractivity contribution in [2.75, 3.05) is 11.9 Å². The molecule has 5 nitrogen and oxygen atoms in total. The van der Waals surface area contributed by atoms with Crippen LogP contribution in [0.4, 0.5) is 11.4 Å². The van der Waals surface area contributed by atoms with Crippen molar-refractivity contribution >= 4 is 23.0 Å². The van der Waals surface area contributed by atoms with Gasteiger partial charge in [0.1, 0.15) is 5.75 Å². The van der Waals surface area contributed by atoms with Crippen molar-refractivity contribution in [3.63, 3.8) is 0 Å². The first-order valence-corrected chi connectivity index (χ1v) is 6.88. The quantitative estimate of drug-likeness (QED) is 0.640. The Balaban J connectivity index is 2.11. The molecule has 0 saturated carbocycles. The number of nitrogens with one attached hydrogen (secondary N) is 1. The highest BCUT2D eigenvalue weighted by Crippen LogP contribution is 2.27. The highest BCUT2D eigenvalue weighted by Gasteiger charge is 2.10. The van der Waals surface area contributed by atoms with E-state index in [4.69, 9.17) is 16.3 Å². The first kappa shape index (κ1) is 15.1. The largest absolute Gasteiger partial charge is 0.492 e. The maximum atomic E-state index is 10.7. The number of hydrogen-bond donors (Lipinski definition) is 1. The monoisotopic (exact) mass is 306 g/mol. The van der Waals surface area contributed by atoms with E-state index >= 15 is 0 Å². The Labute approximate surface area is 127 Å². The molecule has 0 heterocycles. The smallest absolute Gasteiger partial charge is 0.270 e. The molecule has 0 amide bonds. The van der Waals surface area contributed by atoms with Gasteiger partial charge in [-0.2, -0.15) is 0 Å². The van der Waals surface area contributed by atoms with Gasteiger partial charge in [-0.15, -0.1) is 0 Å². The number of nitro groups is 1. The number of halogens is 1. The van der Waals surface area contributed by atoms with E-state index in [2.05, 4.69) is 5.32 Å². The summed E-state index contributed by atoms with van der Waals surface area (Å²) in [5.74, 6) is 0.762. The number of non-ortho nitro benzene ring substituents is 1. The third-order valence-electron chi connectivity index (χ3n) is 2.90. The molecule has 21 heavy (non-hydrogen) atoms. The van der Waals surface area contributed by atoms with E-state index in [0.717, 1.165) is 17.0 Å². The maximum Gasteiger partial charge on any atom is 0.270 e. The zero-order valence-electron chi connectivity index (χ0n) is 11.5. The van der Waals surface area contributed by atoms with Crippen LogP contribution in [0.2, 0.25) is 5.02 Å². The van der Waals surface area contributed by atoms with E-state index in [-0.39, 0.29) is 5.69 Å². The Morgan fingerprint density at radius 1 is 1.29 bits per heavy atom. The van der Waals surface area contributed by atoms with Crippen molar-refractivity contribution in [1.82, 2.24) is 0 Å². The molecule has 0 spiro atoms. The number of hydrogen-bond acceptors (Lipinski definition) is 4.